The van der Waals surface area contributed by atoms with Gasteiger partial charge in [0.1, 0.15) is 5.75 Å². The molecule has 1 aliphatic rings. The molecular formula is C33H45N7O3. The number of hydrogen-bond donors (Lipinski definition) is 2. The van der Waals surface area contributed by atoms with Gasteiger partial charge in [0.05, 0.1) is 6.61 Å². The number of anilines is 1. The number of guanidine groups is 1. The van der Waals surface area contributed by atoms with Crippen molar-refractivity contribution in [3.05, 3.63) is 72.1 Å². The van der Waals surface area contributed by atoms with E-state index in [0.717, 1.165) is 80.4 Å². The lowest BCUT2D eigenvalue weighted by atomic mass is 9.99. The molecule has 10 nitrogen and oxygen atoms in total. The van der Waals surface area contributed by atoms with E-state index in [-0.39, 0.29) is 11.9 Å². The van der Waals surface area contributed by atoms with Crippen LogP contribution in [0, 0.1) is 0 Å². The van der Waals surface area contributed by atoms with Crippen LogP contribution in [0.2, 0.25) is 0 Å². The van der Waals surface area contributed by atoms with Gasteiger partial charge in [-0.1, -0.05) is 49.7 Å². The fourth-order valence-corrected chi connectivity index (χ4v) is 4.93. The van der Waals surface area contributed by atoms with Crippen LogP contribution in [-0.4, -0.2) is 79.8 Å². The maximum atomic E-state index is 12.4. The Kier molecular flexibility index (Phi) is 12.7. The van der Waals surface area contributed by atoms with Gasteiger partial charge in [-0.3, -0.25) is 20.0 Å². The standard InChI is InChI=1S/C33H45N7O3/c1-3-4-15-35-32(34)38-31(41)14-10-26-9-13-29(30(24-26)43-23-6-22-42-2)28-11-7-27(8-12-28)25-39-18-20-40(21-19-39)33-36-16-5-17-37-33/h5,7-9,11-13,16-17,24H,3-4,6,10,14-15,18-23,25H2,1-2H3,(H3,34,35,38,41). The molecule has 1 saturated heterocycles. The number of rotatable bonds is 15. The summed E-state index contributed by atoms with van der Waals surface area (Å²) in [5.41, 5.74) is 10.3. The van der Waals surface area contributed by atoms with Crippen LogP contribution in [0.5, 0.6) is 5.75 Å². The minimum absolute atomic E-state index is 0.144. The van der Waals surface area contributed by atoms with Gasteiger partial charge in [-0.05, 0) is 41.7 Å². The van der Waals surface area contributed by atoms with Crippen molar-refractivity contribution < 1.29 is 14.3 Å². The van der Waals surface area contributed by atoms with Crippen LogP contribution in [0.3, 0.4) is 0 Å². The predicted molar refractivity (Wildman–Crippen MR) is 171 cm³/mol. The molecule has 0 atom stereocenters. The van der Waals surface area contributed by atoms with Crippen molar-refractivity contribution in [2.24, 2.45) is 10.7 Å². The highest BCUT2D eigenvalue weighted by Gasteiger charge is 2.19. The lowest BCUT2D eigenvalue weighted by molar-refractivity contribution is -0.119. The zero-order chi connectivity index (χ0) is 30.3. The number of benzene rings is 2. The molecule has 0 radical (unpaired) electrons. The lowest BCUT2D eigenvalue weighted by Gasteiger charge is -2.34. The van der Waals surface area contributed by atoms with E-state index < -0.39 is 0 Å². The fraction of sp³-hybridized carbons (Fsp3) is 0.455. The average Bonchev–Trinajstić information content (AvgIpc) is 3.03. The Hall–Kier alpha value is -4.02. The topological polar surface area (TPSA) is 118 Å². The molecule has 1 aromatic heterocycles. The van der Waals surface area contributed by atoms with Gasteiger partial charge in [-0.25, -0.2) is 9.97 Å². The third-order valence-corrected chi connectivity index (χ3v) is 7.38. The number of aliphatic imine (C=N–C) groups is 1. The van der Waals surface area contributed by atoms with E-state index in [4.69, 9.17) is 15.2 Å². The van der Waals surface area contributed by atoms with Crippen LogP contribution in [-0.2, 0) is 22.5 Å². The summed E-state index contributed by atoms with van der Waals surface area (Å²) in [6, 6.07) is 16.7. The zero-order valence-electron chi connectivity index (χ0n) is 25.5. The Morgan fingerprint density at radius 3 is 2.47 bits per heavy atom. The Bertz CT molecular complexity index is 1290. The molecule has 1 fully saturated rings. The Morgan fingerprint density at radius 2 is 1.74 bits per heavy atom. The summed E-state index contributed by atoms with van der Waals surface area (Å²) in [5, 5.41) is 2.69. The number of piperazine rings is 1. The Morgan fingerprint density at radius 1 is 1.00 bits per heavy atom. The second-order valence-corrected chi connectivity index (χ2v) is 10.7. The number of unbranched alkanes of at least 4 members (excludes halogenated alkanes) is 1. The van der Waals surface area contributed by atoms with E-state index in [9.17, 15) is 4.79 Å². The van der Waals surface area contributed by atoms with Crippen molar-refractivity contribution >= 4 is 17.8 Å². The van der Waals surface area contributed by atoms with Gasteiger partial charge in [0.25, 0.3) is 0 Å². The number of nitrogens with one attached hydrogen (secondary N) is 1. The third-order valence-electron chi connectivity index (χ3n) is 7.38. The minimum atomic E-state index is -0.144. The van der Waals surface area contributed by atoms with Crippen molar-refractivity contribution in [2.45, 2.75) is 45.6 Å². The van der Waals surface area contributed by atoms with Crippen LogP contribution in [0.15, 0.2) is 65.9 Å². The van der Waals surface area contributed by atoms with Gasteiger partial charge in [-0.15, -0.1) is 0 Å². The number of ether oxygens (including phenoxy) is 2. The van der Waals surface area contributed by atoms with Crippen LogP contribution in [0.1, 0.15) is 43.7 Å². The first kappa shape index (κ1) is 31.9. The highest BCUT2D eigenvalue weighted by molar-refractivity contribution is 5.96. The summed E-state index contributed by atoms with van der Waals surface area (Å²) in [6.45, 7) is 8.57. The predicted octanol–water partition coefficient (Wildman–Crippen LogP) is 4.04. The molecule has 2 heterocycles. The first-order chi connectivity index (χ1) is 21.1. The molecule has 10 heteroatoms. The molecule has 4 rings (SSSR count). The van der Waals surface area contributed by atoms with Crippen LogP contribution in [0.4, 0.5) is 5.95 Å². The van der Waals surface area contributed by atoms with Crippen LogP contribution < -0.4 is 20.7 Å². The number of nitrogens with zero attached hydrogens (tertiary/aromatic N) is 5. The second kappa shape index (κ2) is 17.2. The van der Waals surface area contributed by atoms with E-state index in [1.807, 2.05) is 12.1 Å². The number of carbonyl (C=O) groups excluding carboxylic acids is 1. The van der Waals surface area contributed by atoms with Gasteiger partial charge < -0.3 is 20.1 Å². The van der Waals surface area contributed by atoms with Gasteiger partial charge in [0.15, 0.2) is 5.96 Å². The first-order valence-electron chi connectivity index (χ1n) is 15.2. The summed E-state index contributed by atoms with van der Waals surface area (Å²) < 4.78 is 11.4. The van der Waals surface area contributed by atoms with Gasteiger partial charge in [0, 0.05) is 83.8 Å². The van der Waals surface area contributed by atoms with Crippen molar-refractivity contribution in [1.82, 2.24) is 20.2 Å². The monoisotopic (exact) mass is 587 g/mol. The number of aryl methyl sites for hydroxylation is 1. The van der Waals surface area contributed by atoms with E-state index in [0.29, 0.717) is 32.6 Å². The highest BCUT2D eigenvalue weighted by Crippen LogP contribution is 2.32. The summed E-state index contributed by atoms with van der Waals surface area (Å²) in [6.07, 6.45) is 7.25. The number of methoxy groups -OCH3 is 1. The van der Waals surface area contributed by atoms with Gasteiger partial charge in [0.2, 0.25) is 11.9 Å². The fourth-order valence-electron chi connectivity index (χ4n) is 4.93. The largest absolute Gasteiger partial charge is 0.493 e. The smallest absolute Gasteiger partial charge is 0.226 e. The molecule has 1 aliphatic heterocycles. The summed E-state index contributed by atoms with van der Waals surface area (Å²) in [4.78, 5) is 30.1. The molecule has 0 spiro atoms. The molecule has 0 saturated carbocycles. The molecule has 1 amide bonds. The molecule has 3 aromatic rings. The van der Waals surface area contributed by atoms with E-state index in [1.165, 1.54) is 5.56 Å². The maximum absolute atomic E-state index is 12.4. The van der Waals surface area contributed by atoms with Crippen LogP contribution in [0.25, 0.3) is 11.1 Å². The average molecular weight is 588 g/mol. The number of hydrogen-bond acceptors (Lipinski definition) is 8. The molecule has 0 unspecified atom stereocenters. The van der Waals surface area contributed by atoms with Crippen LogP contribution >= 0.6 is 0 Å². The molecular weight excluding hydrogens is 542 g/mol. The van der Waals surface area contributed by atoms with Crippen molar-refractivity contribution in [1.29, 1.82) is 0 Å². The van der Waals surface area contributed by atoms with Gasteiger partial charge in [-0.2, -0.15) is 0 Å². The zero-order valence-corrected chi connectivity index (χ0v) is 25.5. The lowest BCUT2D eigenvalue weighted by Crippen LogP contribution is -2.46. The molecule has 43 heavy (non-hydrogen) atoms. The second-order valence-electron chi connectivity index (χ2n) is 10.7. The molecule has 0 aliphatic carbocycles. The SMILES string of the molecule is CCCCN=C(N)NC(=O)CCc1ccc(-c2ccc(CN3CCN(c4ncccn4)CC3)cc2)c(OCCCOC)c1. The maximum Gasteiger partial charge on any atom is 0.226 e. The number of carbonyl (C=O) groups is 1. The van der Waals surface area contributed by atoms with E-state index >= 15 is 0 Å². The van der Waals surface area contributed by atoms with E-state index in [2.05, 4.69) is 73.4 Å². The summed E-state index contributed by atoms with van der Waals surface area (Å²) >= 11 is 0. The number of amides is 1. The number of aromatic nitrogens is 2. The van der Waals surface area contributed by atoms with Crippen molar-refractivity contribution in [2.75, 3.05) is 57.9 Å². The molecule has 3 N–H and O–H groups in total. The Balaban J connectivity index is 1.36. The summed E-state index contributed by atoms with van der Waals surface area (Å²) in [5.74, 6) is 1.65. The molecule has 230 valence electrons. The highest BCUT2D eigenvalue weighted by atomic mass is 16.5. The molecule has 0 bridgehead atoms. The molecule has 2 aromatic carbocycles. The Labute approximate surface area is 255 Å². The quantitative estimate of drug-likeness (QED) is 0.155. The van der Waals surface area contributed by atoms with E-state index in [1.54, 1.807) is 19.5 Å². The third kappa shape index (κ3) is 10.3. The summed E-state index contributed by atoms with van der Waals surface area (Å²) in [7, 11) is 1.69. The number of nitrogens with two attached hydrogens (primary N) is 1. The minimum Gasteiger partial charge on any atom is -0.493 e. The first-order valence-corrected chi connectivity index (χ1v) is 15.2. The van der Waals surface area contributed by atoms with Crippen molar-refractivity contribution in [3.8, 4) is 16.9 Å². The van der Waals surface area contributed by atoms with Crippen molar-refractivity contribution in [3.63, 3.8) is 0 Å². The van der Waals surface area contributed by atoms with Gasteiger partial charge >= 0.3 is 0 Å². The normalized spacial score (nSPS) is 14.1.